The molecule has 1 amide bonds. The van der Waals surface area contributed by atoms with Crippen molar-refractivity contribution in [2.45, 2.75) is 52.5 Å². The van der Waals surface area contributed by atoms with Crippen LogP contribution in [0.4, 0.5) is 5.69 Å². The molecule has 34 heavy (non-hydrogen) atoms. The lowest BCUT2D eigenvalue weighted by Crippen LogP contribution is -2.29. The number of aliphatic hydroxyl groups excluding tert-OH is 1. The van der Waals surface area contributed by atoms with Gasteiger partial charge in [-0.1, -0.05) is 82.3 Å². The van der Waals surface area contributed by atoms with Crippen LogP contribution in [0, 0.1) is 6.92 Å². The highest BCUT2D eigenvalue weighted by Gasteiger charge is 2.47. The normalized spacial score (nSPS) is 17.9. The first-order valence-electron chi connectivity index (χ1n) is 11.7. The number of aryl methyl sites for hydroxylation is 2. The van der Waals surface area contributed by atoms with Crippen molar-refractivity contribution >= 4 is 23.1 Å². The van der Waals surface area contributed by atoms with Gasteiger partial charge in [-0.3, -0.25) is 14.5 Å². The number of benzene rings is 3. The van der Waals surface area contributed by atoms with Gasteiger partial charge in [0.15, 0.2) is 0 Å². The van der Waals surface area contributed by atoms with Crippen molar-refractivity contribution in [2.75, 3.05) is 4.90 Å². The Balaban J connectivity index is 1.96. The average molecular weight is 454 g/mol. The molecular formula is C30H31NO3. The van der Waals surface area contributed by atoms with Crippen molar-refractivity contribution in [3.63, 3.8) is 0 Å². The molecule has 1 saturated heterocycles. The fourth-order valence-corrected chi connectivity index (χ4v) is 4.43. The fourth-order valence-electron chi connectivity index (χ4n) is 4.43. The van der Waals surface area contributed by atoms with Crippen LogP contribution in [0.15, 0.2) is 78.4 Å². The molecule has 1 unspecified atom stereocenters. The number of hydrogen-bond acceptors (Lipinski definition) is 3. The summed E-state index contributed by atoms with van der Waals surface area (Å²) in [4.78, 5) is 28.2. The quantitative estimate of drug-likeness (QED) is 0.279. The van der Waals surface area contributed by atoms with Crippen molar-refractivity contribution in [3.05, 3.63) is 106 Å². The second kappa shape index (κ2) is 8.94. The molecule has 3 aromatic carbocycles. The number of anilines is 1. The zero-order chi connectivity index (χ0) is 24.6. The molecule has 1 fully saturated rings. The van der Waals surface area contributed by atoms with E-state index in [-0.39, 0.29) is 16.7 Å². The van der Waals surface area contributed by atoms with Crippen molar-refractivity contribution in [2.24, 2.45) is 0 Å². The van der Waals surface area contributed by atoms with Crippen LogP contribution in [0.5, 0.6) is 0 Å². The summed E-state index contributed by atoms with van der Waals surface area (Å²) in [5.74, 6) is -1.45. The third kappa shape index (κ3) is 4.16. The van der Waals surface area contributed by atoms with Crippen LogP contribution in [0.25, 0.3) is 5.76 Å². The molecule has 4 heteroatoms. The summed E-state index contributed by atoms with van der Waals surface area (Å²) in [5.41, 5.74) is 5.01. The number of hydrogen-bond donors (Lipinski definition) is 1. The van der Waals surface area contributed by atoms with Gasteiger partial charge in [0.1, 0.15) is 5.76 Å². The van der Waals surface area contributed by atoms with Gasteiger partial charge in [0, 0.05) is 11.3 Å². The van der Waals surface area contributed by atoms with E-state index in [0.29, 0.717) is 11.3 Å². The summed E-state index contributed by atoms with van der Waals surface area (Å²) in [6.45, 7) is 10.3. The van der Waals surface area contributed by atoms with E-state index in [1.165, 1.54) is 4.90 Å². The molecule has 0 radical (unpaired) electrons. The van der Waals surface area contributed by atoms with E-state index < -0.39 is 17.7 Å². The Bertz CT molecular complexity index is 1260. The monoisotopic (exact) mass is 453 g/mol. The van der Waals surface area contributed by atoms with Crippen molar-refractivity contribution in [3.8, 4) is 0 Å². The Hall–Kier alpha value is -3.66. The number of nitrogens with zero attached hydrogens (tertiary/aromatic N) is 1. The smallest absolute Gasteiger partial charge is 0.300 e. The third-order valence-electron chi connectivity index (χ3n) is 6.54. The number of carbonyl (C=O) groups excluding carboxylic acids is 2. The van der Waals surface area contributed by atoms with Crippen LogP contribution in [-0.2, 0) is 21.4 Å². The first-order valence-corrected chi connectivity index (χ1v) is 11.7. The van der Waals surface area contributed by atoms with E-state index in [4.69, 9.17) is 0 Å². The Morgan fingerprint density at radius 2 is 1.59 bits per heavy atom. The molecule has 1 aliphatic heterocycles. The lowest BCUT2D eigenvalue weighted by molar-refractivity contribution is -0.132. The molecule has 1 N–H and O–H groups in total. The lowest BCUT2D eigenvalue weighted by Gasteiger charge is -2.26. The maximum atomic E-state index is 13.4. The van der Waals surface area contributed by atoms with Crippen molar-refractivity contribution in [1.29, 1.82) is 0 Å². The van der Waals surface area contributed by atoms with E-state index in [0.717, 1.165) is 28.7 Å². The molecular weight excluding hydrogens is 422 g/mol. The summed E-state index contributed by atoms with van der Waals surface area (Å²) in [5, 5.41) is 11.6. The molecule has 0 saturated carbocycles. The summed E-state index contributed by atoms with van der Waals surface area (Å²) < 4.78 is 0. The number of Topliss-reactive ketones (excluding diaryl/α,β-unsaturated/α-hetero) is 1. The van der Waals surface area contributed by atoms with Gasteiger partial charge in [-0.15, -0.1) is 0 Å². The van der Waals surface area contributed by atoms with E-state index in [1.54, 1.807) is 0 Å². The molecule has 4 rings (SSSR count). The first-order chi connectivity index (χ1) is 16.1. The van der Waals surface area contributed by atoms with E-state index in [9.17, 15) is 14.7 Å². The van der Waals surface area contributed by atoms with E-state index in [1.807, 2.05) is 79.7 Å². The molecule has 0 aliphatic carbocycles. The standard InChI is InChI=1S/C30H31NO3/c1-6-20-13-15-21(16-14-20)26-25(28(33)29(34)31(26)23-10-8-7-9-11-23)27(32)24-18-22(30(3,4)5)17-12-19(24)2/h7-18,26,32H,6H2,1-5H3/b27-25+. The summed E-state index contributed by atoms with van der Waals surface area (Å²) in [7, 11) is 0. The predicted molar refractivity (Wildman–Crippen MR) is 137 cm³/mol. The highest BCUT2D eigenvalue weighted by atomic mass is 16.3. The van der Waals surface area contributed by atoms with Gasteiger partial charge in [0.25, 0.3) is 11.7 Å². The highest BCUT2D eigenvalue weighted by molar-refractivity contribution is 6.51. The fraction of sp³-hybridized carbons (Fsp3) is 0.267. The van der Waals surface area contributed by atoms with Crippen LogP contribution < -0.4 is 4.90 Å². The molecule has 1 atom stereocenters. The van der Waals surface area contributed by atoms with E-state index in [2.05, 4.69) is 27.7 Å². The van der Waals surface area contributed by atoms with Crippen LogP contribution in [0.1, 0.15) is 61.6 Å². The largest absolute Gasteiger partial charge is 0.507 e. The molecule has 0 spiro atoms. The third-order valence-corrected chi connectivity index (χ3v) is 6.54. The number of amides is 1. The average Bonchev–Trinajstić information content (AvgIpc) is 3.09. The van der Waals surface area contributed by atoms with Crippen LogP contribution >= 0.6 is 0 Å². The summed E-state index contributed by atoms with van der Waals surface area (Å²) in [6, 6.07) is 22.3. The number of para-hydroxylation sites is 1. The van der Waals surface area contributed by atoms with Crippen molar-refractivity contribution in [1.82, 2.24) is 0 Å². The topological polar surface area (TPSA) is 57.6 Å². The minimum Gasteiger partial charge on any atom is -0.507 e. The second-order valence-electron chi connectivity index (χ2n) is 9.88. The SMILES string of the molecule is CCc1ccc(C2/C(=C(\O)c3cc(C(C)(C)C)ccc3C)C(=O)C(=O)N2c2ccccc2)cc1. The molecule has 174 valence electrons. The zero-order valence-corrected chi connectivity index (χ0v) is 20.4. The highest BCUT2D eigenvalue weighted by Crippen LogP contribution is 2.42. The zero-order valence-electron chi connectivity index (χ0n) is 20.4. The Morgan fingerprint density at radius 1 is 0.941 bits per heavy atom. The Morgan fingerprint density at radius 3 is 2.18 bits per heavy atom. The summed E-state index contributed by atoms with van der Waals surface area (Å²) in [6.07, 6.45) is 0.887. The first kappa shape index (κ1) is 23.5. The van der Waals surface area contributed by atoms with Crippen LogP contribution in [0.3, 0.4) is 0 Å². The maximum absolute atomic E-state index is 13.4. The lowest BCUT2D eigenvalue weighted by atomic mass is 9.84. The molecule has 0 aromatic heterocycles. The predicted octanol–water partition coefficient (Wildman–Crippen LogP) is 6.48. The minimum atomic E-state index is -0.717. The molecule has 1 aliphatic rings. The molecule has 4 nitrogen and oxygen atoms in total. The van der Waals surface area contributed by atoms with Gasteiger partial charge in [0.05, 0.1) is 11.6 Å². The van der Waals surface area contributed by atoms with Gasteiger partial charge < -0.3 is 5.11 Å². The van der Waals surface area contributed by atoms with E-state index >= 15 is 0 Å². The molecule has 0 bridgehead atoms. The van der Waals surface area contributed by atoms with Crippen molar-refractivity contribution < 1.29 is 14.7 Å². The number of ketones is 1. The van der Waals surface area contributed by atoms with Gasteiger partial charge >= 0.3 is 0 Å². The number of carbonyl (C=O) groups is 2. The summed E-state index contributed by atoms with van der Waals surface area (Å²) >= 11 is 0. The van der Waals surface area contributed by atoms with Gasteiger partial charge in [0.2, 0.25) is 0 Å². The molecule has 3 aromatic rings. The Kier molecular flexibility index (Phi) is 6.18. The van der Waals surface area contributed by atoms with Gasteiger partial charge in [-0.05, 0) is 59.2 Å². The van der Waals surface area contributed by atoms with Crippen LogP contribution in [-0.4, -0.2) is 16.8 Å². The minimum absolute atomic E-state index is 0.118. The number of aliphatic hydroxyl groups is 1. The molecule has 1 heterocycles. The number of rotatable bonds is 4. The Labute approximate surface area is 201 Å². The van der Waals surface area contributed by atoms with Gasteiger partial charge in [-0.25, -0.2) is 0 Å². The maximum Gasteiger partial charge on any atom is 0.300 e. The second-order valence-corrected chi connectivity index (χ2v) is 9.88. The van der Waals surface area contributed by atoms with Crippen LogP contribution in [0.2, 0.25) is 0 Å². The van der Waals surface area contributed by atoms with Gasteiger partial charge in [-0.2, -0.15) is 0 Å².